The van der Waals surface area contributed by atoms with Gasteiger partial charge in [-0.25, -0.2) is 0 Å². The van der Waals surface area contributed by atoms with E-state index >= 15 is 0 Å². The Hall–Kier alpha value is 0.199. The summed E-state index contributed by atoms with van der Waals surface area (Å²) in [4.78, 5) is 12.4. The summed E-state index contributed by atoms with van der Waals surface area (Å²) in [5, 5.41) is 0. The van der Waals surface area contributed by atoms with E-state index in [1.165, 1.54) is 75.5 Å². The summed E-state index contributed by atoms with van der Waals surface area (Å²) in [7, 11) is 0. The van der Waals surface area contributed by atoms with Gasteiger partial charge in [0.25, 0.3) is 0 Å². The van der Waals surface area contributed by atoms with E-state index in [1.807, 2.05) is 11.3 Å². The van der Waals surface area contributed by atoms with Gasteiger partial charge < -0.3 is 0 Å². The average molecular weight is 537 g/mol. The Kier molecular flexibility index (Phi) is 8.40. The van der Waals surface area contributed by atoms with Crippen molar-refractivity contribution >= 4 is 43.9 Å². The van der Waals surface area contributed by atoms with Gasteiger partial charge in [-0.15, -0.1) is 0 Å². The quantitative estimate of drug-likeness (QED) is 0.187. The molecule has 1 aliphatic rings. The predicted octanol–water partition coefficient (Wildman–Crippen LogP) is 9.26. The standard InChI is InChI=1S/C23H33S2.3CH3.Sn/c1-4-5-6-7-8-9-10-11-12-13-15-23(3)19-14-16-24-21(19)22-20(23)17-18(2)25-22;;;;/h14,17H,4-13,15H2,1-3H3;3*1H3;. The number of thiophene rings is 2. The van der Waals surface area contributed by atoms with Crippen LogP contribution in [-0.4, -0.2) is 18.4 Å². The number of hydrogen-bond donors (Lipinski definition) is 0. The first-order chi connectivity index (χ1) is 13.8. The summed E-state index contributed by atoms with van der Waals surface area (Å²) in [6, 6.07) is 5.15. The van der Waals surface area contributed by atoms with Crippen molar-refractivity contribution in [3.63, 3.8) is 0 Å². The van der Waals surface area contributed by atoms with Crippen LogP contribution in [0.3, 0.4) is 0 Å². The molecule has 2 aromatic rings. The van der Waals surface area contributed by atoms with Crippen LogP contribution in [-0.2, 0) is 5.41 Å². The first-order valence-electron chi connectivity index (χ1n) is 12.0. The number of hydrogen-bond acceptors (Lipinski definition) is 2. The monoisotopic (exact) mass is 538 g/mol. The van der Waals surface area contributed by atoms with Crippen LogP contribution in [0.2, 0.25) is 14.8 Å². The second-order valence-corrected chi connectivity index (χ2v) is 28.2. The third-order valence-electron chi connectivity index (χ3n) is 6.75. The molecule has 1 unspecified atom stereocenters. The van der Waals surface area contributed by atoms with Crippen molar-refractivity contribution in [3.8, 4) is 9.75 Å². The zero-order valence-electron chi connectivity index (χ0n) is 19.7. The SMILES string of the molecule is CCCCCCCCCCCCC1(C)c2cc(C)sc2-c2s[c]([Sn]([CH3])([CH3])[CH3])cc21. The van der Waals surface area contributed by atoms with E-state index in [9.17, 15) is 0 Å². The summed E-state index contributed by atoms with van der Waals surface area (Å²) in [5.74, 6) is 0. The molecule has 0 spiro atoms. The molecular formula is C26H42S2Sn. The van der Waals surface area contributed by atoms with Gasteiger partial charge in [-0.05, 0) is 0 Å². The number of fused-ring (bicyclic) bond motifs is 3. The molecule has 0 saturated heterocycles. The third kappa shape index (κ3) is 5.52. The summed E-state index contributed by atoms with van der Waals surface area (Å²) in [6.45, 7) is 7.14. The van der Waals surface area contributed by atoms with Crippen molar-refractivity contribution in [2.45, 2.75) is 112 Å². The molecule has 0 aliphatic heterocycles. The molecule has 1 atom stereocenters. The Bertz CT molecular complexity index is 792. The average Bonchev–Trinajstić information content (AvgIpc) is 3.31. The van der Waals surface area contributed by atoms with Crippen molar-refractivity contribution in [1.29, 1.82) is 0 Å². The van der Waals surface area contributed by atoms with Gasteiger partial charge in [-0.3, -0.25) is 0 Å². The summed E-state index contributed by atoms with van der Waals surface area (Å²) in [6.07, 6.45) is 15.6. The Morgan fingerprint density at radius 1 is 0.759 bits per heavy atom. The number of aryl methyl sites for hydroxylation is 1. The van der Waals surface area contributed by atoms with Gasteiger partial charge in [0.15, 0.2) is 0 Å². The zero-order valence-corrected chi connectivity index (χ0v) is 24.2. The molecule has 0 amide bonds. The second-order valence-electron chi connectivity index (χ2n) is 10.5. The zero-order chi connectivity index (χ0) is 21.1. The summed E-state index contributed by atoms with van der Waals surface area (Å²) in [5.41, 5.74) is 3.59. The maximum atomic E-state index is 2.65. The fourth-order valence-electron chi connectivity index (χ4n) is 4.81. The molecule has 3 rings (SSSR count). The van der Waals surface area contributed by atoms with Gasteiger partial charge >= 0.3 is 167 Å². The van der Waals surface area contributed by atoms with Crippen molar-refractivity contribution in [3.05, 3.63) is 28.1 Å². The topological polar surface area (TPSA) is 0 Å². The van der Waals surface area contributed by atoms with Crippen LogP contribution in [0.25, 0.3) is 9.75 Å². The van der Waals surface area contributed by atoms with Crippen LogP contribution >= 0.6 is 22.7 Å². The maximum absolute atomic E-state index is 2.65. The molecule has 0 bridgehead atoms. The van der Waals surface area contributed by atoms with E-state index in [0.717, 1.165) is 0 Å². The van der Waals surface area contributed by atoms with E-state index in [0.29, 0.717) is 0 Å². The molecule has 0 nitrogen and oxygen atoms in total. The fourth-order valence-corrected chi connectivity index (χ4v) is 12.6. The third-order valence-corrected chi connectivity index (χ3v) is 18.5. The molecular weight excluding hydrogens is 495 g/mol. The molecule has 2 aromatic heterocycles. The van der Waals surface area contributed by atoms with E-state index in [1.54, 1.807) is 23.8 Å². The molecule has 2 heterocycles. The Balaban J connectivity index is 1.57. The van der Waals surface area contributed by atoms with Crippen molar-refractivity contribution < 1.29 is 0 Å². The van der Waals surface area contributed by atoms with Gasteiger partial charge in [0.1, 0.15) is 0 Å². The summed E-state index contributed by atoms with van der Waals surface area (Å²) < 4.78 is 1.76. The molecule has 29 heavy (non-hydrogen) atoms. The van der Waals surface area contributed by atoms with Crippen LogP contribution in [0.5, 0.6) is 0 Å². The van der Waals surface area contributed by atoms with Crippen LogP contribution < -0.4 is 2.89 Å². The van der Waals surface area contributed by atoms with Crippen LogP contribution in [0.4, 0.5) is 0 Å². The Labute approximate surface area is 192 Å². The van der Waals surface area contributed by atoms with Gasteiger partial charge in [0.2, 0.25) is 0 Å². The molecule has 0 aromatic carbocycles. The molecule has 0 fully saturated rings. The minimum absolute atomic E-state index is 0.265. The van der Waals surface area contributed by atoms with E-state index < -0.39 is 18.4 Å². The van der Waals surface area contributed by atoms with Gasteiger partial charge in [0.05, 0.1) is 0 Å². The Morgan fingerprint density at radius 2 is 1.28 bits per heavy atom. The fraction of sp³-hybridized carbons (Fsp3) is 0.692. The van der Waals surface area contributed by atoms with Gasteiger partial charge in [-0.2, -0.15) is 0 Å². The van der Waals surface area contributed by atoms with Gasteiger partial charge in [-0.1, -0.05) is 26.2 Å². The summed E-state index contributed by atoms with van der Waals surface area (Å²) >= 11 is 2.18. The first kappa shape index (κ1) is 23.9. The van der Waals surface area contributed by atoms with Crippen molar-refractivity contribution in [2.24, 2.45) is 0 Å². The van der Waals surface area contributed by atoms with Crippen LogP contribution in [0.15, 0.2) is 12.1 Å². The number of unbranched alkanes of at least 4 members (excludes halogenated alkanes) is 9. The van der Waals surface area contributed by atoms with Gasteiger partial charge in [0, 0.05) is 0 Å². The minimum atomic E-state index is -2.01. The normalized spacial score (nSPS) is 18.3. The van der Waals surface area contributed by atoms with Crippen molar-refractivity contribution in [1.82, 2.24) is 0 Å². The predicted molar refractivity (Wildman–Crippen MR) is 138 cm³/mol. The van der Waals surface area contributed by atoms with Crippen molar-refractivity contribution in [2.75, 3.05) is 0 Å². The van der Waals surface area contributed by atoms with E-state index in [4.69, 9.17) is 0 Å². The first-order valence-corrected chi connectivity index (χ1v) is 23.7. The van der Waals surface area contributed by atoms with Crippen LogP contribution in [0, 0.1) is 6.92 Å². The molecule has 162 valence electrons. The van der Waals surface area contributed by atoms with E-state index in [2.05, 4.69) is 59.1 Å². The van der Waals surface area contributed by atoms with Crippen LogP contribution in [0.1, 0.15) is 100 Å². The molecule has 0 radical (unpaired) electrons. The number of rotatable bonds is 12. The molecule has 0 saturated carbocycles. The Morgan fingerprint density at radius 3 is 1.86 bits per heavy atom. The van der Waals surface area contributed by atoms with E-state index in [-0.39, 0.29) is 5.41 Å². The molecule has 1 aliphatic carbocycles. The molecule has 0 N–H and O–H groups in total. The molecule has 3 heteroatoms. The second kappa shape index (κ2) is 10.2.